The molecule has 1 heterocycles. The summed E-state index contributed by atoms with van der Waals surface area (Å²) < 4.78 is 16.7. The van der Waals surface area contributed by atoms with Crippen molar-refractivity contribution in [2.45, 2.75) is 66.5 Å². The maximum absolute atomic E-state index is 12.2. The number of aromatic nitrogens is 2. The van der Waals surface area contributed by atoms with Gasteiger partial charge < -0.3 is 19.2 Å². The molecule has 0 amide bonds. The van der Waals surface area contributed by atoms with E-state index >= 15 is 0 Å². The van der Waals surface area contributed by atoms with E-state index in [0.717, 1.165) is 23.1 Å². The molecule has 7 nitrogen and oxygen atoms in total. The second-order valence-corrected chi connectivity index (χ2v) is 7.32. The highest BCUT2D eigenvalue weighted by atomic mass is 16.6. The van der Waals surface area contributed by atoms with E-state index in [0.29, 0.717) is 44.5 Å². The van der Waals surface area contributed by atoms with Crippen molar-refractivity contribution in [2.24, 2.45) is 0 Å². The SMILES string of the molecule is C=C/C(=C\C)c1nnc(CNCC(/C=C(/C)COC(C)(CC)C(=O)OCC)=C/CC)o1. The first-order valence-corrected chi connectivity index (χ1v) is 10.8. The Balaban J connectivity index is 2.67. The topological polar surface area (TPSA) is 86.5 Å². The molecule has 0 fully saturated rings. The van der Waals surface area contributed by atoms with E-state index in [1.807, 2.05) is 26.8 Å². The number of esters is 1. The predicted molar refractivity (Wildman–Crippen MR) is 123 cm³/mol. The second kappa shape index (κ2) is 13.7. The third-order valence-corrected chi connectivity index (χ3v) is 4.75. The molecular formula is C24H37N3O4. The molecule has 0 aromatic carbocycles. The summed E-state index contributed by atoms with van der Waals surface area (Å²) in [5.41, 5.74) is 2.02. The lowest BCUT2D eigenvalue weighted by Gasteiger charge is -2.26. The van der Waals surface area contributed by atoms with Gasteiger partial charge in [0.15, 0.2) is 5.60 Å². The number of nitrogens with one attached hydrogen (secondary N) is 1. The van der Waals surface area contributed by atoms with Crippen LogP contribution >= 0.6 is 0 Å². The summed E-state index contributed by atoms with van der Waals surface area (Å²) in [6, 6.07) is 0. The molecule has 1 atom stereocenters. The lowest BCUT2D eigenvalue weighted by atomic mass is 10.0. The third-order valence-electron chi connectivity index (χ3n) is 4.75. The lowest BCUT2D eigenvalue weighted by molar-refractivity contribution is -0.169. The minimum Gasteiger partial charge on any atom is -0.464 e. The largest absolute Gasteiger partial charge is 0.464 e. The van der Waals surface area contributed by atoms with Gasteiger partial charge in [0.1, 0.15) is 0 Å². The van der Waals surface area contributed by atoms with E-state index in [1.54, 1.807) is 19.9 Å². The fourth-order valence-corrected chi connectivity index (χ4v) is 2.75. The van der Waals surface area contributed by atoms with Crippen molar-refractivity contribution in [3.63, 3.8) is 0 Å². The van der Waals surface area contributed by atoms with E-state index in [4.69, 9.17) is 13.9 Å². The van der Waals surface area contributed by atoms with Gasteiger partial charge in [-0.15, -0.1) is 10.2 Å². The Morgan fingerprint density at radius 2 is 2.03 bits per heavy atom. The zero-order valence-corrected chi connectivity index (χ0v) is 19.8. The van der Waals surface area contributed by atoms with Gasteiger partial charge in [-0.25, -0.2) is 4.79 Å². The number of allylic oxidation sites excluding steroid dienone is 4. The third kappa shape index (κ3) is 8.63. The quantitative estimate of drug-likeness (QED) is 0.335. The monoisotopic (exact) mass is 431 g/mol. The summed E-state index contributed by atoms with van der Waals surface area (Å²) in [5.74, 6) is 0.657. The Morgan fingerprint density at radius 3 is 2.61 bits per heavy atom. The first-order chi connectivity index (χ1) is 14.8. The smallest absolute Gasteiger partial charge is 0.338 e. The average Bonchev–Trinajstić information content (AvgIpc) is 3.21. The van der Waals surface area contributed by atoms with Gasteiger partial charge in [0, 0.05) is 12.1 Å². The van der Waals surface area contributed by atoms with Gasteiger partial charge >= 0.3 is 5.97 Å². The van der Waals surface area contributed by atoms with Crippen molar-refractivity contribution >= 4 is 11.5 Å². The molecule has 0 bridgehead atoms. The zero-order valence-electron chi connectivity index (χ0n) is 19.8. The van der Waals surface area contributed by atoms with Crippen molar-refractivity contribution in [3.8, 4) is 0 Å². The molecule has 7 heteroatoms. The van der Waals surface area contributed by atoms with Gasteiger partial charge in [0.05, 0.1) is 19.8 Å². The number of carbonyl (C=O) groups excluding carboxylic acids is 1. The molecule has 1 unspecified atom stereocenters. The summed E-state index contributed by atoms with van der Waals surface area (Å²) >= 11 is 0. The summed E-state index contributed by atoms with van der Waals surface area (Å²) in [5, 5.41) is 11.4. The first-order valence-electron chi connectivity index (χ1n) is 10.8. The van der Waals surface area contributed by atoms with Gasteiger partial charge in [0.25, 0.3) is 0 Å². The molecule has 1 aromatic heterocycles. The molecule has 0 saturated heterocycles. The highest BCUT2D eigenvalue weighted by molar-refractivity contribution is 5.79. The molecule has 0 aliphatic heterocycles. The molecule has 172 valence electrons. The summed E-state index contributed by atoms with van der Waals surface area (Å²) in [7, 11) is 0. The Hall–Kier alpha value is -2.51. The zero-order chi connectivity index (χ0) is 23.3. The number of ether oxygens (including phenoxy) is 2. The van der Waals surface area contributed by atoms with Crippen LogP contribution in [0.2, 0.25) is 0 Å². The van der Waals surface area contributed by atoms with Crippen molar-refractivity contribution in [3.05, 3.63) is 53.8 Å². The molecule has 0 aliphatic carbocycles. The second-order valence-electron chi connectivity index (χ2n) is 7.32. The minimum atomic E-state index is -0.940. The Labute approximate surface area is 186 Å². The molecule has 0 aliphatic rings. The van der Waals surface area contributed by atoms with E-state index in [-0.39, 0.29) is 5.97 Å². The van der Waals surface area contributed by atoms with Crippen molar-refractivity contribution < 1.29 is 18.7 Å². The highest BCUT2D eigenvalue weighted by Crippen LogP contribution is 2.19. The number of rotatable bonds is 14. The lowest BCUT2D eigenvalue weighted by Crippen LogP contribution is -2.39. The van der Waals surface area contributed by atoms with Crippen LogP contribution in [0.3, 0.4) is 0 Å². The molecule has 0 spiro atoms. The standard InChI is InChI=1S/C24H37N3O4/c1-8-13-19(14-18(6)17-30-24(7,11-4)23(28)29-12-5)15-25-16-21-26-27-22(31-21)20(9-2)10-3/h9-10,13-14,25H,2,8,11-12,15-17H2,1,3-7H3/b18-14-,19-13+,20-10+. The number of nitrogens with zero attached hydrogens (tertiary/aromatic N) is 2. The number of hydrogen-bond acceptors (Lipinski definition) is 7. The van der Waals surface area contributed by atoms with Crippen LogP contribution in [0.1, 0.15) is 66.2 Å². The number of hydrogen-bond donors (Lipinski definition) is 1. The van der Waals surface area contributed by atoms with Crippen LogP contribution < -0.4 is 5.32 Å². The molecule has 1 aromatic rings. The van der Waals surface area contributed by atoms with E-state index in [2.05, 4.69) is 41.2 Å². The van der Waals surface area contributed by atoms with Crippen molar-refractivity contribution in [2.75, 3.05) is 19.8 Å². The Kier molecular flexibility index (Phi) is 11.7. The molecule has 0 radical (unpaired) electrons. The fourth-order valence-electron chi connectivity index (χ4n) is 2.75. The molecule has 1 rings (SSSR count). The van der Waals surface area contributed by atoms with E-state index in [9.17, 15) is 4.79 Å². The first kappa shape index (κ1) is 26.5. The van der Waals surface area contributed by atoms with E-state index in [1.165, 1.54) is 0 Å². The summed E-state index contributed by atoms with van der Waals surface area (Å²) in [6.45, 7) is 17.0. The van der Waals surface area contributed by atoms with Crippen molar-refractivity contribution in [1.29, 1.82) is 0 Å². The predicted octanol–water partition coefficient (Wildman–Crippen LogP) is 4.78. The molecule has 1 N–H and O–H groups in total. The van der Waals surface area contributed by atoms with Crippen LogP contribution in [-0.4, -0.2) is 41.5 Å². The van der Waals surface area contributed by atoms with Gasteiger partial charge in [-0.1, -0.05) is 44.7 Å². The molecular weight excluding hydrogens is 394 g/mol. The average molecular weight is 432 g/mol. The Bertz CT molecular complexity index is 808. The highest BCUT2D eigenvalue weighted by Gasteiger charge is 2.33. The van der Waals surface area contributed by atoms with Gasteiger partial charge in [-0.2, -0.15) is 0 Å². The fraction of sp³-hybridized carbons (Fsp3) is 0.542. The van der Waals surface area contributed by atoms with Crippen LogP contribution in [-0.2, 0) is 20.8 Å². The van der Waals surface area contributed by atoms with Crippen LogP contribution in [0.25, 0.3) is 5.57 Å². The van der Waals surface area contributed by atoms with Crippen LogP contribution in [0.15, 0.2) is 46.4 Å². The van der Waals surface area contributed by atoms with Gasteiger partial charge in [0.2, 0.25) is 11.8 Å². The normalized spacial score (nSPS) is 15.0. The van der Waals surface area contributed by atoms with Crippen LogP contribution in [0, 0.1) is 0 Å². The summed E-state index contributed by atoms with van der Waals surface area (Å²) in [4.78, 5) is 12.2. The summed E-state index contributed by atoms with van der Waals surface area (Å²) in [6.07, 6.45) is 9.24. The van der Waals surface area contributed by atoms with Crippen LogP contribution in [0.4, 0.5) is 0 Å². The molecule has 31 heavy (non-hydrogen) atoms. The van der Waals surface area contributed by atoms with E-state index < -0.39 is 5.60 Å². The Morgan fingerprint density at radius 1 is 1.29 bits per heavy atom. The van der Waals surface area contributed by atoms with Gasteiger partial charge in [-0.05, 0) is 51.7 Å². The minimum absolute atomic E-state index is 0.326. The van der Waals surface area contributed by atoms with Crippen molar-refractivity contribution in [1.82, 2.24) is 15.5 Å². The van der Waals surface area contributed by atoms with Crippen LogP contribution in [0.5, 0.6) is 0 Å². The maximum Gasteiger partial charge on any atom is 0.338 e. The number of carbonyl (C=O) groups is 1. The van der Waals surface area contributed by atoms with Gasteiger partial charge in [-0.3, -0.25) is 0 Å². The molecule has 0 saturated carbocycles. The maximum atomic E-state index is 12.2.